The van der Waals surface area contributed by atoms with Crippen LogP contribution in [-0.2, 0) is 6.54 Å². The molecule has 10 nitrogen and oxygen atoms in total. The predicted octanol–water partition coefficient (Wildman–Crippen LogP) is 3.51. The van der Waals surface area contributed by atoms with Crippen molar-refractivity contribution in [2.24, 2.45) is 0 Å². The summed E-state index contributed by atoms with van der Waals surface area (Å²) in [6, 6.07) is 16.0. The number of aryl methyl sites for hydroxylation is 1. The van der Waals surface area contributed by atoms with Gasteiger partial charge in [-0.25, -0.2) is 4.68 Å². The van der Waals surface area contributed by atoms with Crippen LogP contribution in [0.1, 0.15) is 57.6 Å². The standard InChI is InChI=1S/C26H25N5O5/c1-2-3-6-15-31-26(35)20-9-5-4-8-19(20)22(30-31)25(34)29-28-23(32)17-11-13-18(14-12-17)27-24(33)21-10-7-16-36-21/h4-5,7-14,16H,2-3,6,15H2,1H3,(H,27,33)(H,28,32)(H,29,34). The highest BCUT2D eigenvalue weighted by atomic mass is 16.3. The molecular formula is C26H25N5O5. The van der Waals surface area contributed by atoms with Crippen LogP contribution >= 0.6 is 0 Å². The zero-order valence-electron chi connectivity index (χ0n) is 19.6. The van der Waals surface area contributed by atoms with Gasteiger partial charge in [0.1, 0.15) is 0 Å². The Morgan fingerprint density at radius 1 is 0.861 bits per heavy atom. The fourth-order valence-electron chi connectivity index (χ4n) is 3.62. The monoisotopic (exact) mass is 487 g/mol. The minimum absolute atomic E-state index is 0.0398. The van der Waals surface area contributed by atoms with Crippen molar-refractivity contribution in [2.75, 3.05) is 5.32 Å². The number of amides is 3. The lowest BCUT2D eigenvalue weighted by Gasteiger charge is -2.12. The van der Waals surface area contributed by atoms with Crippen molar-refractivity contribution in [3.63, 3.8) is 0 Å². The third-order valence-corrected chi connectivity index (χ3v) is 5.50. The van der Waals surface area contributed by atoms with Crippen molar-refractivity contribution in [3.8, 4) is 0 Å². The van der Waals surface area contributed by atoms with E-state index in [2.05, 4.69) is 28.2 Å². The Morgan fingerprint density at radius 3 is 2.28 bits per heavy atom. The number of aromatic nitrogens is 2. The van der Waals surface area contributed by atoms with Gasteiger partial charge in [0.05, 0.1) is 11.6 Å². The summed E-state index contributed by atoms with van der Waals surface area (Å²) in [6.45, 7) is 2.45. The molecule has 2 aromatic carbocycles. The largest absolute Gasteiger partial charge is 0.459 e. The van der Waals surface area contributed by atoms with E-state index in [4.69, 9.17) is 4.42 Å². The number of rotatable bonds is 8. The number of nitrogens with zero attached hydrogens (tertiary/aromatic N) is 2. The SMILES string of the molecule is CCCCCn1nc(C(=O)NNC(=O)c2ccc(NC(=O)c3ccco3)cc2)c2ccccc2c1=O. The molecule has 10 heteroatoms. The number of fused-ring (bicyclic) bond motifs is 1. The second-order valence-corrected chi connectivity index (χ2v) is 8.05. The highest BCUT2D eigenvalue weighted by molar-refractivity contribution is 6.06. The van der Waals surface area contributed by atoms with Crippen molar-refractivity contribution in [3.05, 3.63) is 94.3 Å². The van der Waals surface area contributed by atoms with Gasteiger partial charge in [-0.05, 0) is 48.9 Å². The Morgan fingerprint density at radius 2 is 1.58 bits per heavy atom. The lowest BCUT2D eigenvalue weighted by Crippen LogP contribution is -2.42. The number of hydrogen-bond acceptors (Lipinski definition) is 6. The minimum Gasteiger partial charge on any atom is -0.459 e. The van der Waals surface area contributed by atoms with Crippen molar-refractivity contribution in [2.45, 2.75) is 32.7 Å². The van der Waals surface area contributed by atoms with E-state index in [1.807, 2.05) is 0 Å². The first kappa shape index (κ1) is 24.4. The number of nitrogens with one attached hydrogen (secondary N) is 3. The first-order chi connectivity index (χ1) is 17.5. The van der Waals surface area contributed by atoms with E-state index < -0.39 is 17.7 Å². The molecule has 0 spiro atoms. The molecule has 2 heterocycles. The van der Waals surface area contributed by atoms with Crippen molar-refractivity contribution in [1.82, 2.24) is 20.6 Å². The van der Waals surface area contributed by atoms with Crippen molar-refractivity contribution >= 4 is 34.2 Å². The number of anilines is 1. The highest BCUT2D eigenvalue weighted by Gasteiger charge is 2.18. The summed E-state index contributed by atoms with van der Waals surface area (Å²) >= 11 is 0. The number of carbonyl (C=O) groups is 3. The summed E-state index contributed by atoms with van der Waals surface area (Å²) < 4.78 is 6.34. The number of benzene rings is 2. The minimum atomic E-state index is -0.647. The fraction of sp³-hybridized carbons (Fsp3) is 0.192. The zero-order valence-corrected chi connectivity index (χ0v) is 19.6. The normalized spacial score (nSPS) is 10.7. The molecule has 2 aromatic heterocycles. The molecule has 3 amide bonds. The third-order valence-electron chi connectivity index (χ3n) is 5.50. The number of furan rings is 1. The first-order valence-electron chi connectivity index (χ1n) is 11.5. The highest BCUT2D eigenvalue weighted by Crippen LogP contribution is 2.14. The van der Waals surface area contributed by atoms with Crippen LogP contribution in [0.25, 0.3) is 10.8 Å². The predicted molar refractivity (Wildman–Crippen MR) is 134 cm³/mol. The second kappa shape index (κ2) is 11.1. The molecule has 0 radical (unpaired) electrons. The van der Waals surface area contributed by atoms with Crippen LogP contribution in [0.15, 0.2) is 76.1 Å². The molecule has 0 saturated carbocycles. The Kier molecular flexibility index (Phi) is 7.54. The zero-order chi connectivity index (χ0) is 25.5. The summed E-state index contributed by atoms with van der Waals surface area (Å²) in [5.74, 6) is -1.46. The molecule has 0 aliphatic rings. The smallest absolute Gasteiger partial charge is 0.291 e. The van der Waals surface area contributed by atoms with E-state index in [0.717, 1.165) is 19.3 Å². The van der Waals surface area contributed by atoms with E-state index >= 15 is 0 Å². The van der Waals surface area contributed by atoms with Crippen LogP contribution in [0.5, 0.6) is 0 Å². The quantitative estimate of drug-likeness (QED) is 0.257. The molecule has 4 aromatic rings. The molecule has 3 N–H and O–H groups in total. The molecule has 0 unspecified atom stereocenters. The van der Waals surface area contributed by atoms with Crippen molar-refractivity contribution in [1.29, 1.82) is 0 Å². The van der Waals surface area contributed by atoms with Crippen LogP contribution in [0.2, 0.25) is 0 Å². The second-order valence-electron chi connectivity index (χ2n) is 8.05. The topological polar surface area (TPSA) is 135 Å². The Hall–Kier alpha value is -4.73. The molecule has 184 valence electrons. The van der Waals surface area contributed by atoms with E-state index in [0.29, 0.717) is 23.0 Å². The maximum Gasteiger partial charge on any atom is 0.291 e. The number of hydrazine groups is 1. The molecule has 0 saturated heterocycles. The summed E-state index contributed by atoms with van der Waals surface area (Å²) in [4.78, 5) is 50.3. The summed E-state index contributed by atoms with van der Waals surface area (Å²) in [5.41, 5.74) is 5.24. The van der Waals surface area contributed by atoms with Crippen LogP contribution in [0.3, 0.4) is 0 Å². The van der Waals surface area contributed by atoms with Gasteiger partial charge >= 0.3 is 0 Å². The van der Waals surface area contributed by atoms with Gasteiger partial charge in [0, 0.05) is 23.2 Å². The molecule has 0 atom stereocenters. The first-order valence-corrected chi connectivity index (χ1v) is 11.5. The molecule has 36 heavy (non-hydrogen) atoms. The van der Waals surface area contributed by atoms with Gasteiger partial charge in [0.15, 0.2) is 11.5 Å². The van der Waals surface area contributed by atoms with E-state index in [1.165, 1.54) is 29.1 Å². The maximum atomic E-state index is 12.9. The van der Waals surface area contributed by atoms with Crippen LogP contribution in [0, 0.1) is 0 Å². The van der Waals surface area contributed by atoms with Crippen LogP contribution in [0.4, 0.5) is 5.69 Å². The maximum absolute atomic E-state index is 12.9. The molecule has 0 aliphatic carbocycles. The van der Waals surface area contributed by atoms with Gasteiger partial charge < -0.3 is 9.73 Å². The van der Waals surface area contributed by atoms with Gasteiger partial charge in [-0.1, -0.05) is 38.0 Å². The Balaban J connectivity index is 1.44. The molecule has 0 fully saturated rings. The average Bonchev–Trinajstić information content (AvgIpc) is 3.44. The number of carbonyl (C=O) groups excluding carboxylic acids is 3. The summed E-state index contributed by atoms with van der Waals surface area (Å²) in [5, 5.41) is 7.72. The van der Waals surface area contributed by atoms with Gasteiger partial charge in [-0.3, -0.25) is 30.0 Å². The molecule has 0 aliphatic heterocycles. The number of hydrogen-bond donors (Lipinski definition) is 3. The lowest BCUT2D eigenvalue weighted by atomic mass is 10.1. The summed E-state index contributed by atoms with van der Waals surface area (Å²) in [7, 11) is 0. The van der Waals surface area contributed by atoms with Crippen LogP contribution in [-0.4, -0.2) is 27.5 Å². The fourth-order valence-corrected chi connectivity index (χ4v) is 3.62. The molecule has 4 rings (SSSR count). The number of unbranched alkanes of at least 4 members (excludes halogenated alkanes) is 2. The third kappa shape index (κ3) is 5.49. The average molecular weight is 488 g/mol. The van der Waals surface area contributed by atoms with E-state index in [1.54, 1.807) is 42.5 Å². The van der Waals surface area contributed by atoms with Gasteiger partial charge in [-0.2, -0.15) is 5.10 Å². The molecule has 0 bridgehead atoms. The van der Waals surface area contributed by atoms with E-state index in [-0.39, 0.29) is 22.6 Å². The Labute approximate surface area is 206 Å². The molecular weight excluding hydrogens is 462 g/mol. The van der Waals surface area contributed by atoms with Crippen molar-refractivity contribution < 1.29 is 18.8 Å². The van der Waals surface area contributed by atoms with E-state index in [9.17, 15) is 19.2 Å². The van der Waals surface area contributed by atoms with Gasteiger partial charge in [0.25, 0.3) is 23.3 Å². The van der Waals surface area contributed by atoms with Gasteiger partial charge in [-0.15, -0.1) is 0 Å². The van der Waals surface area contributed by atoms with Crippen LogP contribution < -0.4 is 21.7 Å². The lowest BCUT2D eigenvalue weighted by molar-refractivity contribution is 0.0843. The Bertz CT molecular complexity index is 1440. The van der Waals surface area contributed by atoms with Gasteiger partial charge in [0.2, 0.25) is 0 Å². The summed E-state index contributed by atoms with van der Waals surface area (Å²) in [6.07, 6.45) is 4.08.